The van der Waals surface area contributed by atoms with E-state index in [9.17, 15) is 19.1 Å². The molecule has 1 N–H and O–H groups in total. The Labute approximate surface area is 218 Å². The summed E-state index contributed by atoms with van der Waals surface area (Å²) >= 11 is 6.00. The Morgan fingerprint density at radius 3 is 2.46 bits per heavy atom. The number of aliphatic hydroxyl groups excluding tert-OH is 1. The van der Waals surface area contributed by atoms with Crippen LogP contribution < -0.4 is 19.1 Å². The van der Waals surface area contributed by atoms with Crippen LogP contribution in [0.4, 0.5) is 10.1 Å². The fourth-order valence-electron chi connectivity index (χ4n) is 4.18. The SMILES string of the molecule is CCCOc1cccc(/C(O)=C2\C(=O)C(=O)N(c3ccc(F)c(Cl)c3)C2c2ccc(OC)c(OC)c2)c1. The molecule has 4 rings (SSSR count). The highest BCUT2D eigenvalue weighted by atomic mass is 35.5. The standard InChI is InChI=1S/C28H25ClFNO6/c1-4-12-37-19-7-5-6-17(13-19)26(32)24-25(16-8-11-22(35-2)23(14-16)36-3)31(28(34)27(24)33)18-9-10-21(30)20(29)15-18/h5-11,13-15,25,32H,4,12H2,1-3H3/b26-24+. The van der Waals surface area contributed by atoms with E-state index in [0.717, 1.165) is 12.5 Å². The number of hydrogen-bond acceptors (Lipinski definition) is 6. The minimum absolute atomic E-state index is 0.148. The van der Waals surface area contributed by atoms with E-state index in [1.807, 2.05) is 6.92 Å². The van der Waals surface area contributed by atoms with Gasteiger partial charge >= 0.3 is 0 Å². The van der Waals surface area contributed by atoms with Gasteiger partial charge in [0.05, 0.1) is 37.5 Å². The molecule has 1 fully saturated rings. The number of amides is 1. The maximum absolute atomic E-state index is 13.9. The Morgan fingerprint density at radius 1 is 1.03 bits per heavy atom. The predicted octanol–water partition coefficient (Wildman–Crippen LogP) is 5.91. The molecule has 0 radical (unpaired) electrons. The third-order valence-corrected chi connectivity index (χ3v) is 6.22. The zero-order valence-electron chi connectivity index (χ0n) is 20.5. The second-order valence-corrected chi connectivity index (χ2v) is 8.67. The van der Waals surface area contributed by atoms with Crippen LogP contribution in [-0.4, -0.2) is 37.6 Å². The van der Waals surface area contributed by atoms with Crippen molar-refractivity contribution in [3.05, 3.63) is 88.2 Å². The summed E-state index contributed by atoms with van der Waals surface area (Å²) in [6, 6.07) is 14.2. The van der Waals surface area contributed by atoms with Crippen LogP contribution in [-0.2, 0) is 9.59 Å². The van der Waals surface area contributed by atoms with E-state index in [-0.39, 0.29) is 22.0 Å². The van der Waals surface area contributed by atoms with Gasteiger partial charge in [0.25, 0.3) is 11.7 Å². The zero-order chi connectivity index (χ0) is 26.7. The van der Waals surface area contributed by atoms with Gasteiger partial charge in [-0.3, -0.25) is 14.5 Å². The maximum Gasteiger partial charge on any atom is 0.300 e. The Balaban J connectivity index is 1.93. The van der Waals surface area contributed by atoms with Crippen LogP contribution >= 0.6 is 11.6 Å². The Morgan fingerprint density at radius 2 is 1.78 bits per heavy atom. The van der Waals surface area contributed by atoms with Crippen molar-refractivity contribution in [3.8, 4) is 17.2 Å². The summed E-state index contributed by atoms with van der Waals surface area (Å²) in [5, 5.41) is 11.1. The van der Waals surface area contributed by atoms with Crippen LogP contribution in [0.1, 0.15) is 30.5 Å². The number of carbonyl (C=O) groups excluding carboxylic acids is 2. The van der Waals surface area contributed by atoms with Crippen LogP contribution in [0.2, 0.25) is 5.02 Å². The fraction of sp³-hybridized carbons (Fsp3) is 0.214. The topological polar surface area (TPSA) is 85.3 Å². The van der Waals surface area contributed by atoms with Crippen molar-refractivity contribution in [2.75, 3.05) is 25.7 Å². The molecule has 1 unspecified atom stereocenters. The molecule has 7 nitrogen and oxygen atoms in total. The van der Waals surface area contributed by atoms with E-state index < -0.39 is 23.5 Å². The van der Waals surface area contributed by atoms with Crippen molar-refractivity contribution in [3.63, 3.8) is 0 Å². The number of rotatable bonds is 8. The number of aliphatic hydroxyl groups is 1. The molecule has 0 aliphatic carbocycles. The van der Waals surface area contributed by atoms with Crippen molar-refractivity contribution >= 4 is 34.7 Å². The quantitative estimate of drug-likeness (QED) is 0.223. The molecule has 0 saturated carbocycles. The molecule has 37 heavy (non-hydrogen) atoms. The van der Waals surface area contributed by atoms with E-state index in [1.54, 1.807) is 42.5 Å². The molecule has 1 aliphatic heterocycles. The van der Waals surface area contributed by atoms with Gasteiger partial charge < -0.3 is 19.3 Å². The molecular weight excluding hydrogens is 501 g/mol. The summed E-state index contributed by atoms with van der Waals surface area (Å²) in [4.78, 5) is 27.9. The number of Topliss-reactive ketones (excluding diaryl/α,β-unsaturated/α-hetero) is 1. The number of hydrogen-bond donors (Lipinski definition) is 1. The third kappa shape index (κ3) is 4.97. The number of ketones is 1. The zero-order valence-corrected chi connectivity index (χ0v) is 21.2. The van der Waals surface area contributed by atoms with Gasteiger partial charge in [0.2, 0.25) is 0 Å². The van der Waals surface area contributed by atoms with E-state index in [4.69, 9.17) is 25.8 Å². The predicted molar refractivity (Wildman–Crippen MR) is 138 cm³/mol. The number of nitrogens with zero attached hydrogens (tertiary/aromatic N) is 1. The summed E-state index contributed by atoms with van der Waals surface area (Å²) < 4.78 is 30.3. The summed E-state index contributed by atoms with van der Waals surface area (Å²) in [6.45, 7) is 2.45. The van der Waals surface area contributed by atoms with Crippen molar-refractivity contribution < 1.29 is 33.3 Å². The smallest absolute Gasteiger partial charge is 0.300 e. The number of benzene rings is 3. The second-order valence-electron chi connectivity index (χ2n) is 8.26. The second kappa shape index (κ2) is 10.9. The Bertz CT molecular complexity index is 1390. The monoisotopic (exact) mass is 525 g/mol. The van der Waals surface area contributed by atoms with E-state index in [1.165, 1.54) is 31.3 Å². The maximum atomic E-state index is 13.9. The highest BCUT2D eigenvalue weighted by Gasteiger charge is 2.47. The molecule has 1 aliphatic rings. The van der Waals surface area contributed by atoms with Crippen LogP contribution in [0.25, 0.3) is 5.76 Å². The fourth-order valence-corrected chi connectivity index (χ4v) is 4.36. The number of ether oxygens (including phenoxy) is 3. The molecule has 0 aromatic heterocycles. The summed E-state index contributed by atoms with van der Waals surface area (Å²) in [5.74, 6) is -1.55. The van der Waals surface area contributed by atoms with Gasteiger partial charge in [0.1, 0.15) is 17.3 Å². The van der Waals surface area contributed by atoms with Crippen LogP contribution in [0, 0.1) is 5.82 Å². The Kier molecular flexibility index (Phi) is 7.69. The number of methoxy groups -OCH3 is 2. The van der Waals surface area contributed by atoms with E-state index in [2.05, 4.69) is 0 Å². The molecule has 0 bridgehead atoms. The first-order valence-corrected chi connectivity index (χ1v) is 11.9. The number of halogens is 2. The highest BCUT2D eigenvalue weighted by Crippen LogP contribution is 2.44. The molecule has 0 spiro atoms. The van der Waals surface area contributed by atoms with Crippen LogP contribution in [0.3, 0.4) is 0 Å². The third-order valence-electron chi connectivity index (χ3n) is 5.93. The molecule has 192 valence electrons. The van der Waals surface area contributed by atoms with Gasteiger partial charge in [0.15, 0.2) is 11.5 Å². The molecule has 1 heterocycles. The van der Waals surface area contributed by atoms with E-state index >= 15 is 0 Å². The van der Waals surface area contributed by atoms with Crippen molar-refractivity contribution in [1.82, 2.24) is 0 Å². The average Bonchev–Trinajstić information content (AvgIpc) is 3.18. The van der Waals surface area contributed by atoms with Crippen molar-refractivity contribution in [2.24, 2.45) is 0 Å². The lowest BCUT2D eigenvalue weighted by atomic mass is 9.94. The lowest BCUT2D eigenvalue weighted by Gasteiger charge is -2.26. The van der Waals surface area contributed by atoms with Crippen LogP contribution in [0.5, 0.6) is 17.2 Å². The normalized spacial score (nSPS) is 16.7. The molecule has 3 aromatic rings. The molecule has 1 atom stereocenters. The molecule has 1 saturated heterocycles. The first kappa shape index (κ1) is 26.0. The van der Waals surface area contributed by atoms with Gasteiger partial charge in [-0.15, -0.1) is 0 Å². The van der Waals surface area contributed by atoms with Gasteiger partial charge in [0, 0.05) is 11.3 Å². The number of carbonyl (C=O) groups is 2. The minimum Gasteiger partial charge on any atom is -0.507 e. The van der Waals surface area contributed by atoms with Crippen molar-refractivity contribution in [1.29, 1.82) is 0 Å². The summed E-state index contributed by atoms with van der Waals surface area (Å²) in [7, 11) is 2.94. The first-order chi connectivity index (χ1) is 17.8. The molecule has 3 aromatic carbocycles. The Hall–Kier alpha value is -4.04. The average molecular weight is 526 g/mol. The van der Waals surface area contributed by atoms with Crippen LogP contribution in [0.15, 0.2) is 66.2 Å². The lowest BCUT2D eigenvalue weighted by molar-refractivity contribution is -0.132. The number of anilines is 1. The molecular formula is C28H25ClFNO6. The van der Waals surface area contributed by atoms with Crippen molar-refractivity contribution in [2.45, 2.75) is 19.4 Å². The summed E-state index contributed by atoms with van der Waals surface area (Å²) in [5.41, 5.74) is 0.795. The molecule has 1 amide bonds. The highest BCUT2D eigenvalue weighted by molar-refractivity contribution is 6.51. The van der Waals surface area contributed by atoms with Gasteiger partial charge in [-0.25, -0.2) is 4.39 Å². The first-order valence-electron chi connectivity index (χ1n) is 11.5. The lowest BCUT2D eigenvalue weighted by Crippen LogP contribution is -2.29. The molecule has 9 heteroatoms. The van der Waals surface area contributed by atoms with E-state index in [0.29, 0.717) is 35.0 Å². The van der Waals surface area contributed by atoms with Gasteiger partial charge in [-0.1, -0.05) is 36.7 Å². The summed E-state index contributed by atoms with van der Waals surface area (Å²) in [6.07, 6.45) is 0.793. The van der Waals surface area contributed by atoms with Gasteiger partial charge in [-0.2, -0.15) is 0 Å². The largest absolute Gasteiger partial charge is 0.507 e. The minimum atomic E-state index is -1.07. The van der Waals surface area contributed by atoms with Gasteiger partial charge in [-0.05, 0) is 54.4 Å².